The minimum absolute atomic E-state index is 0.168. The van der Waals surface area contributed by atoms with Gasteiger partial charge in [-0.3, -0.25) is 9.78 Å². The zero-order valence-corrected chi connectivity index (χ0v) is 23.0. The molecule has 0 spiro atoms. The Morgan fingerprint density at radius 1 is 1.02 bits per heavy atom. The van der Waals surface area contributed by atoms with Crippen LogP contribution in [-0.2, 0) is 11.2 Å². The molecule has 7 heteroatoms. The van der Waals surface area contributed by atoms with Crippen molar-refractivity contribution in [3.63, 3.8) is 0 Å². The number of aliphatic carboxylic acids is 1. The van der Waals surface area contributed by atoms with E-state index >= 15 is 0 Å². The fourth-order valence-electron chi connectivity index (χ4n) is 6.33. The Morgan fingerprint density at radius 2 is 1.77 bits per heavy atom. The number of carboxylic acid groups (broad SMARTS) is 1. The third-order valence-electron chi connectivity index (χ3n) is 8.64. The molecule has 2 heterocycles. The van der Waals surface area contributed by atoms with Crippen molar-refractivity contribution >= 4 is 39.5 Å². The van der Waals surface area contributed by atoms with Gasteiger partial charge < -0.3 is 10.1 Å². The fraction of sp³-hybridized carbons (Fsp3) is 0.303. The molecule has 1 aliphatic rings. The van der Waals surface area contributed by atoms with Crippen LogP contribution in [0.25, 0.3) is 21.9 Å². The van der Waals surface area contributed by atoms with Crippen molar-refractivity contribution in [3.8, 4) is 0 Å². The summed E-state index contributed by atoms with van der Waals surface area (Å²) >= 11 is 6.26. The predicted octanol–water partition coefficient (Wildman–Crippen LogP) is 8.39. The maximum Gasteiger partial charge on any atom is 0.310 e. The molecule has 0 radical (unpaired) electrons. The van der Waals surface area contributed by atoms with Gasteiger partial charge in [-0.25, -0.2) is 9.37 Å². The Balaban J connectivity index is 1.27. The van der Waals surface area contributed by atoms with Gasteiger partial charge >= 0.3 is 5.97 Å². The van der Waals surface area contributed by atoms with E-state index in [0.29, 0.717) is 16.9 Å². The van der Waals surface area contributed by atoms with Gasteiger partial charge in [-0.1, -0.05) is 35.9 Å². The molecule has 1 saturated carbocycles. The molecule has 2 aromatic heterocycles. The Labute approximate surface area is 237 Å². The van der Waals surface area contributed by atoms with Gasteiger partial charge in [0.1, 0.15) is 11.6 Å². The molecule has 0 saturated heterocycles. The fourth-order valence-corrected chi connectivity index (χ4v) is 6.50. The van der Waals surface area contributed by atoms with E-state index in [1.54, 1.807) is 19.1 Å². The zero-order chi connectivity index (χ0) is 27.8. The predicted molar refractivity (Wildman–Crippen MR) is 156 cm³/mol. The Kier molecular flexibility index (Phi) is 7.28. The average Bonchev–Trinajstić information content (AvgIpc) is 3.38. The number of pyridine rings is 1. The molecule has 6 rings (SSSR count). The number of imidazole rings is 1. The third kappa shape index (κ3) is 5.33. The SMILES string of the molecule is CC(C(=O)O)c1ccc(CC(c2nc3ccc(Cl)cc3[nH]2)C2CCC(c3ccnc4ccc(F)cc34)CC2)cc1. The van der Waals surface area contributed by atoms with Gasteiger partial charge in [-0.15, -0.1) is 0 Å². The van der Waals surface area contributed by atoms with E-state index in [4.69, 9.17) is 16.6 Å². The highest BCUT2D eigenvalue weighted by Gasteiger charge is 2.32. The minimum atomic E-state index is -0.826. The maximum atomic E-state index is 14.1. The molecule has 0 amide bonds. The van der Waals surface area contributed by atoms with E-state index in [-0.39, 0.29) is 11.7 Å². The van der Waals surface area contributed by atoms with Gasteiger partial charge in [0, 0.05) is 22.5 Å². The molecule has 40 heavy (non-hydrogen) atoms. The highest BCUT2D eigenvalue weighted by atomic mass is 35.5. The second kappa shape index (κ2) is 11.0. The number of benzene rings is 3. The van der Waals surface area contributed by atoms with E-state index < -0.39 is 11.9 Å². The standard InChI is InChI=1S/C33H31ClFN3O2/c1-19(33(39)40)21-4-2-20(3-5-21)16-27(32-37-30-12-10-24(34)17-31(30)38-32)23-8-6-22(7-9-23)26-14-15-36-29-13-11-25(35)18-28(26)29/h2-5,10-15,17-19,22-23,27H,6-9,16H2,1H3,(H,37,38)(H,39,40). The van der Waals surface area contributed by atoms with Crippen LogP contribution in [0, 0.1) is 11.7 Å². The number of carbonyl (C=O) groups is 1. The first-order valence-electron chi connectivity index (χ1n) is 13.9. The minimum Gasteiger partial charge on any atom is -0.481 e. The van der Waals surface area contributed by atoms with Crippen LogP contribution >= 0.6 is 11.6 Å². The van der Waals surface area contributed by atoms with Crippen LogP contribution in [0.3, 0.4) is 0 Å². The first kappa shape index (κ1) is 26.5. The lowest BCUT2D eigenvalue weighted by Gasteiger charge is -2.34. The van der Waals surface area contributed by atoms with Crippen LogP contribution in [0.2, 0.25) is 5.02 Å². The summed E-state index contributed by atoms with van der Waals surface area (Å²) in [7, 11) is 0. The number of halogens is 2. The summed E-state index contributed by atoms with van der Waals surface area (Å²) in [6.45, 7) is 1.71. The van der Waals surface area contributed by atoms with E-state index in [1.165, 1.54) is 11.6 Å². The number of carboxylic acids is 1. The Bertz CT molecular complexity index is 1680. The topological polar surface area (TPSA) is 78.9 Å². The van der Waals surface area contributed by atoms with Crippen LogP contribution in [0.15, 0.2) is 72.9 Å². The molecule has 5 aromatic rings. The zero-order valence-electron chi connectivity index (χ0n) is 22.3. The number of hydrogen-bond acceptors (Lipinski definition) is 3. The van der Waals surface area contributed by atoms with Crippen molar-refractivity contribution in [2.24, 2.45) is 5.92 Å². The normalized spacial score (nSPS) is 19.1. The van der Waals surface area contributed by atoms with Crippen molar-refractivity contribution in [1.29, 1.82) is 0 Å². The summed E-state index contributed by atoms with van der Waals surface area (Å²) in [5.41, 5.74) is 5.79. The average molecular weight is 556 g/mol. The Morgan fingerprint density at radius 3 is 2.52 bits per heavy atom. The van der Waals surface area contributed by atoms with Crippen LogP contribution in [0.4, 0.5) is 4.39 Å². The molecule has 2 N–H and O–H groups in total. The molecule has 204 valence electrons. The van der Waals surface area contributed by atoms with Gasteiger partial charge in [0.05, 0.1) is 22.5 Å². The van der Waals surface area contributed by atoms with E-state index in [0.717, 1.165) is 71.0 Å². The highest BCUT2D eigenvalue weighted by molar-refractivity contribution is 6.31. The number of rotatable bonds is 7. The number of aromatic amines is 1. The number of aromatic nitrogens is 3. The van der Waals surface area contributed by atoms with Gasteiger partial charge in [0.25, 0.3) is 0 Å². The van der Waals surface area contributed by atoms with Crippen molar-refractivity contribution in [3.05, 3.63) is 106 Å². The summed E-state index contributed by atoms with van der Waals surface area (Å²) in [6, 6.07) is 20.5. The van der Waals surface area contributed by atoms with Gasteiger partial charge in [-0.2, -0.15) is 0 Å². The van der Waals surface area contributed by atoms with E-state index in [2.05, 4.69) is 9.97 Å². The van der Waals surface area contributed by atoms with E-state index in [1.807, 2.05) is 54.7 Å². The molecule has 2 unspecified atom stereocenters. The molecule has 1 fully saturated rings. The van der Waals surface area contributed by atoms with Crippen molar-refractivity contribution < 1.29 is 14.3 Å². The van der Waals surface area contributed by atoms with E-state index in [9.17, 15) is 14.3 Å². The van der Waals surface area contributed by atoms with Crippen molar-refractivity contribution in [2.45, 2.75) is 56.8 Å². The molecular weight excluding hydrogens is 525 g/mol. The molecule has 0 bridgehead atoms. The number of nitrogens with zero attached hydrogens (tertiary/aromatic N) is 2. The summed E-state index contributed by atoms with van der Waals surface area (Å²) in [5, 5.41) is 11.0. The second-order valence-corrected chi connectivity index (χ2v) is 11.5. The lowest BCUT2D eigenvalue weighted by molar-refractivity contribution is -0.138. The molecular formula is C33H31ClFN3O2. The molecule has 2 atom stereocenters. The Hall–Kier alpha value is -3.77. The van der Waals surface area contributed by atoms with Crippen molar-refractivity contribution in [1.82, 2.24) is 15.0 Å². The van der Waals surface area contributed by atoms with Gasteiger partial charge in [0.2, 0.25) is 0 Å². The third-order valence-corrected chi connectivity index (χ3v) is 8.87. The summed E-state index contributed by atoms with van der Waals surface area (Å²) in [6.07, 6.45) is 6.71. The summed E-state index contributed by atoms with van der Waals surface area (Å²) in [5.74, 6) is 0.294. The lowest BCUT2D eigenvalue weighted by atomic mass is 9.71. The lowest BCUT2D eigenvalue weighted by Crippen LogP contribution is -2.22. The molecule has 3 aromatic carbocycles. The quantitative estimate of drug-likeness (QED) is 0.211. The van der Waals surface area contributed by atoms with Crippen LogP contribution in [0.5, 0.6) is 0 Å². The van der Waals surface area contributed by atoms with Crippen LogP contribution < -0.4 is 0 Å². The maximum absolute atomic E-state index is 14.1. The largest absolute Gasteiger partial charge is 0.481 e. The summed E-state index contributed by atoms with van der Waals surface area (Å²) < 4.78 is 14.1. The van der Waals surface area contributed by atoms with Gasteiger partial charge in [0.15, 0.2) is 0 Å². The van der Waals surface area contributed by atoms with Crippen LogP contribution in [-0.4, -0.2) is 26.0 Å². The number of hydrogen-bond donors (Lipinski definition) is 2. The monoisotopic (exact) mass is 555 g/mol. The van der Waals surface area contributed by atoms with Crippen LogP contribution in [0.1, 0.15) is 72.9 Å². The number of fused-ring (bicyclic) bond motifs is 2. The first-order valence-corrected chi connectivity index (χ1v) is 14.2. The molecule has 1 aliphatic carbocycles. The molecule has 5 nitrogen and oxygen atoms in total. The first-order chi connectivity index (χ1) is 19.4. The number of H-pyrrole nitrogens is 1. The highest BCUT2D eigenvalue weighted by Crippen LogP contribution is 2.44. The number of nitrogens with one attached hydrogen (secondary N) is 1. The van der Waals surface area contributed by atoms with Gasteiger partial charge in [-0.05, 0) is 110 Å². The smallest absolute Gasteiger partial charge is 0.310 e. The summed E-state index contributed by atoms with van der Waals surface area (Å²) in [4.78, 5) is 24.4. The van der Waals surface area contributed by atoms with Crippen molar-refractivity contribution in [2.75, 3.05) is 0 Å². The second-order valence-electron chi connectivity index (χ2n) is 11.1. The molecule has 0 aliphatic heterocycles.